The molecule has 5 aromatic carbocycles. The third kappa shape index (κ3) is 2.73. The van der Waals surface area contributed by atoms with E-state index in [0.29, 0.717) is 0 Å². The number of allylic oxidation sites excluding steroid dienone is 6. The van der Waals surface area contributed by atoms with Crippen LogP contribution in [0.5, 0.6) is 0 Å². The van der Waals surface area contributed by atoms with Gasteiger partial charge in [0, 0.05) is 57.9 Å². The number of rotatable bonds is 0. The molecule has 6 aliphatic rings. The number of anilines is 2. The SMILES string of the molecule is C1=CC2=C(C1)N1c3ccccc3-c3cc4c(cc3C1c1ccccc12)-c1ccccc1N1C2=C(C=CC2)c2ccccc2C41. The Bertz CT molecular complexity index is 2100. The largest absolute Gasteiger partial charge is 0.332 e. The summed E-state index contributed by atoms with van der Waals surface area (Å²) in [6, 6.07) is 41.8. The number of hydrogen-bond donors (Lipinski definition) is 0. The van der Waals surface area contributed by atoms with Crippen molar-refractivity contribution in [3.63, 3.8) is 0 Å². The smallest absolute Gasteiger partial charge is 0.0854 e. The molecular formula is C42H28N2. The highest BCUT2D eigenvalue weighted by Crippen LogP contribution is 2.60. The highest BCUT2D eigenvalue weighted by Gasteiger charge is 2.44. The summed E-state index contributed by atoms with van der Waals surface area (Å²) in [5, 5.41) is 0. The number of hydrogen-bond acceptors (Lipinski definition) is 2. The minimum absolute atomic E-state index is 0.136. The van der Waals surface area contributed by atoms with Crippen LogP contribution in [0.1, 0.15) is 58.3 Å². The van der Waals surface area contributed by atoms with Crippen LogP contribution < -0.4 is 9.80 Å². The zero-order chi connectivity index (χ0) is 28.5. The van der Waals surface area contributed by atoms with Crippen molar-refractivity contribution < 1.29 is 0 Å². The first-order valence-electron chi connectivity index (χ1n) is 15.8. The van der Waals surface area contributed by atoms with Crippen LogP contribution in [0.2, 0.25) is 0 Å². The molecule has 0 spiro atoms. The molecule has 44 heavy (non-hydrogen) atoms. The molecule has 5 aromatic rings. The highest BCUT2D eigenvalue weighted by atomic mass is 15.2. The first kappa shape index (κ1) is 23.2. The third-order valence-electron chi connectivity index (χ3n) is 10.7. The number of fused-ring (bicyclic) bond motifs is 20. The molecule has 2 heteroatoms. The van der Waals surface area contributed by atoms with Crippen LogP contribution in [0.3, 0.4) is 0 Å². The summed E-state index contributed by atoms with van der Waals surface area (Å²) in [5.74, 6) is 0. The molecule has 0 N–H and O–H groups in total. The van der Waals surface area contributed by atoms with E-state index in [0.717, 1.165) is 12.8 Å². The van der Waals surface area contributed by atoms with E-state index in [-0.39, 0.29) is 12.1 Å². The van der Waals surface area contributed by atoms with Gasteiger partial charge in [0.15, 0.2) is 0 Å². The van der Waals surface area contributed by atoms with E-state index in [9.17, 15) is 0 Å². The number of nitrogens with zero attached hydrogens (tertiary/aromatic N) is 2. The Morgan fingerprint density at radius 2 is 0.818 bits per heavy atom. The van der Waals surface area contributed by atoms with Crippen molar-refractivity contribution in [1.29, 1.82) is 0 Å². The van der Waals surface area contributed by atoms with E-state index in [4.69, 9.17) is 0 Å². The monoisotopic (exact) mass is 560 g/mol. The minimum Gasteiger partial charge on any atom is -0.332 e. The lowest BCUT2D eigenvalue weighted by Crippen LogP contribution is -2.37. The molecule has 0 fully saturated rings. The molecule has 4 aliphatic heterocycles. The lowest BCUT2D eigenvalue weighted by molar-refractivity contribution is 0.737. The van der Waals surface area contributed by atoms with E-state index in [2.05, 4.69) is 143 Å². The van der Waals surface area contributed by atoms with Gasteiger partial charge >= 0.3 is 0 Å². The molecule has 2 nitrogen and oxygen atoms in total. The minimum atomic E-state index is 0.136. The highest BCUT2D eigenvalue weighted by molar-refractivity contribution is 5.99. The average molecular weight is 561 g/mol. The van der Waals surface area contributed by atoms with Crippen LogP contribution in [-0.4, -0.2) is 0 Å². The summed E-state index contributed by atoms with van der Waals surface area (Å²) >= 11 is 0. The second-order valence-electron chi connectivity index (χ2n) is 12.7. The van der Waals surface area contributed by atoms with Gasteiger partial charge in [0.05, 0.1) is 12.1 Å². The Labute approximate surface area is 257 Å². The summed E-state index contributed by atoms with van der Waals surface area (Å²) in [6.45, 7) is 0. The lowest BCUT2D eigenvalue weighted by atomic mass is 9.74. The Hall–Kier alpha value is -5.34. The zero-order valence-corrected chi connectivity index (χ0v) is 24.2. The molecule has 4 heterocycles. The Kier molecular flexibility index (Phi) is 4.31. The summed E-state index contributed by atoms with van der Waals surface area (Å²) in [5.41, 5.74) is 22.0. The van der Waals surface area contributed by atoms with Crippen LogP contribution in [-0.2, 0) is 0 Å². The van der Waals surface area contributed by atoms with Gasteiger partial charge in [-0.2, -0.15) is 0 Å². The molecule has 0 aromatic heterocycles. The quantitative estimate of drug-likeness (QED) is 0.186. The molecular weight excluding hydrogens is 532 g/mol. The van der Waals surface area contributed by atoms with Gasteiger partial charge in [-0.05, 0) is 68.8 Å². The Balaban J connectivity index is 1.24. The second-order valence-corrected chi connectivity index (χ2v) is 12.7. The van der Waals surface area contributed by atoms with Gasteiger partial charge in [-0.3, -0.25) is 0 Å². The maximum Gasteiger partial charge on any atom is 0.0854 e. The lowest BCUT2D eigenvalue weighted by Gasteiger charge is -2.48. The van der Waals surface area contributed by atoms with Crippen LogP contribution in [0, 0.1) is 0 Å². The zero-order valence-electron chi connectivity index (χ0n) is 24.2. The van der Waals surface area contributed by atoms with Gasteiger partial charge in [0.25, 0.3) is 0 Å². The third-order valence-corrected chi connectivity index (χ3v) is 10.7. The molecule has 0 saturated heterocycles. The molecule has 2 atom stereocenters. The van der Waals surface area contributed by atoms with Crippen molar-refractivity contribution in [2.75, 3.05) is 9.80 Å². The number of benzene rings is 5. The molecule has 2 unspecified atom stereocenters. The van der Waals surface area contributed by atoms with Crippen LogP contribution in [0.25, 0.3) is 33.4 Å². The standard InChI is InChI=1S/C42H28N2/c1-3-15-31-25(11-1)27-17-9-21-39(27)43-37-19-7-5-13-29(37)33-24-36-34(23-35(33)41(31)43)30-14-6-8-20-38(30)44-40-22-10-18-28(40)26-12-2-4-16-32(26)42(36)44/h1-20,23-24,41-42H,21-22H2. The van der Waals surface area contributed by atoms with E-state index in [1.54, 1.807) is 0 Å². The molecule has 0 radical (unpaired) electrons. The van der Waals surface area contributed by atoms with Crippen LogP contribution in [0.4, 0.5) is 11.4 Å². The Morgan fingerprint density at radius 1 is 0.409 bits per heavy atom. The summed E-state index contributed by atoms with van der Waals surface area (Å²) in [6.07, 6.45) is 11.3. The molecule has 206 valence electrons. The van der Waals surface area contributed by atoms with Gasteiger partial charge in [-0.1, -0.05) is 109 Å². The van der Waals surface area contributed by atoms with Gasteiger partial charge in [-0.15, -0.1) is 0 Å². The van der Waals surface area contributed by atoms with Gasteiger partial charge in [-0.25, -0.2) is 0 Å². The first-order chi connectivity index (χ1) is 21.9. The molecule has 2 aliphatic carbocycles. The normalized spacial score (nSPS) is 20.5. The van der Waals surface area contributed by atoms with Gasteiger partial charge in [0.2, 0.25) is 0 Å². The van der Waals surface area contributed by atoms with Crippen molar-refractivity contribution in [2.24, 2.45) is 0 Å². The average Bonchev–Trinajstić information content (AvgIpc) is 3.78. The van der Waals surface area contributed by atoms with E-state index >= 15 is 0 Å². The fourth-order valence-corrected chi connectivity index (χ4v) is 9.04. The van der Waals surface area contributed by atoms with Crippen LogP contribution >= 0.6 is 0 Å². The maximum atomic E-state index is 2.65. The van der Waals surface area contributed by atoms with Crippen molar-refractivity contribution in [1.82, 2.24) is 0 Å². The predicted octanol–water partition coefficient (Wildman–Crippen LogP) is 10.2. The predicted molar refractivity (Wildman–Crippen MR) is 180 cm³/mol. The molecule has 0 amide bonds. The number of para-hydroxylation sites is 2. The van der Waals surface area contributed by atoms with E-state index in [1.165, 1.54) is 89.5 Å². The Morgan fingerprint density at radius 3 is 1.30 bits per heavy atom. The second kappa shape index (κ2) is 8.18. The molecule has 0 bridgehead atoms. The van der Waals surface area contributed by atoms with E-state index in [1.807, 2.05) is 0 Å². The van der Waals surface area contributed by atoms with Crippen molar-refractivity contribution >= 4 is 22.5 Å². The van der Waals surface area contributed by atoms with Crippen molar-refractivity contribution in [2.45, 2.75) is 24.9 Å². The fourth-order valence-electron chi connectivity index (χ4n) is 9.04. The first-order valence-corrected chi connectivity index (χ1v) is 15.8. The summed E-state index contributed by atoms with van der Waals surface area (Å²) in [4.78, 5) is 5.31. The maximum absolute atomic E-state index is 2.65. The van der Waals surface area contributed by atoms with Gasteiger partial charge in [0.1, 0.15) is 0 Å². The topological polar surface area (TPSA) is 6.48 Å². The van der Waals surface area contributed by atoms with Gasteiger partial charge < -0.3 is 9.80 Å². The summed E-state index contributed by atoms with van der Waals surface area (Å²) < 4.78 is 0. The summed E-state index contributed by atoms with van der Waals surface area (Å²) in [7, 11) is 0. The fraction of sp³-hybridized carbons (Fsp3) is 0.0952. The molecule has 11 rings (SSSR count). The molecule has 0 saturated carbocycles. The van der Waals surface area contributed by atoms with Crippen molar-refractivity contribution in [3.8, 4) is 22.3 Å². The van der Waals surface area contributed by atoms with Crippen molar-refractivity contribution in [3.05, 3.63) is 178 Å². The van der Waals surface area contributed by atoms with E-state index < -0.39 is 0 Å². The van der Waals surface area contributed by atoms with Crippen LogP contribution in [0.15, 0.2) is 145 Å².